The number of sulfonamides is 1. The minimum Gasteiger partial charge on any atom is -0.478 e. The summed E-state index contributed by atoms with van der Waals surface area (Å²) in [4.78, 5) is 17.9. The van der Waals surface area contributed by atoms with E-state index in [0.717, 1.165) is 31.7 Å². The molecule has 0 spiro atoms. The number of carbonyl (C=O) groups is 1. The summed E-state index contributed by atoms with van der Waals surface area (Å²) in [6, 6.07) is 3.47. The molecule has 2 rings (SSSR count). The van der Waals surface area contributed by atoms with Gasteiger partial charge in [-0.15, -0.1) is 0 Å². The Bertz CT molecular complexity index is 610. The van der Waals surface area contributed by atoms with Crippen molar-refractivity contribution in [3.05, 3.63) is 28.8 Å². The lowest BCUT2D eigenvalue weighted by molar-refractivity contribution is 0.0223. The number of nitrogens with one attached hydrogen (secondary N) is 1. The third-order valence-corrected chi connectivity index (χ3v) is 4.62. The Kier molecular flexibility index (Phi) is 4.64. The zero-order valence-electron chi connectivity index (χ0n) is 10.5. The average molecular weight is 320 g/mol. The van der Waals surface area contributed by atoms with E-state index in [0.29, 0.717) is 0 Å². The van der Waals surface area contributed by atoms with Gasteiger partial charge >= 0.3 is 5.97 Å². The smallest absolute Gasteiger partial charge is 0.337 e. The lowest BCUT2D eigenvalue weighted by Gasteiger charge is -2.12. The van der Waals surface area contributed by atoms with Gasteiger partial charge in [0.15, 0.2) is 0 Å². The van der Waals surface area contributed by atoms with Crippen molar-refractivity contribution in [1.29, 1.82) is 0 Å². The first-order valence-corrected chi connectivity index (χ1v) is 7.96. The maximum atomic E-state index is 12.0. The highest BCUT2D eigenvalue weighted by Gasteiger charge is 2.22. The first-order chi connectivity index (χ1) is 9.40. The molecule has 0 atom stereocenters. The molecule has 0 saturated heterocycles. The maximum Gasteiger partial charge on any atom is 0.337 e. The summed E-state index contributed by atoms with van der Waals surface area (Å²) in [5, 5.41) is 8.91. The molecule has 1 aromatic rings. The van der Waals surface area contributed by atoms with Gasteiger partial charge in [-0.25, -0.2) is 13.2 Å². The fourth-order valence-corrected chi connectivity index (χ4v) is 3.10. The van der Waals surface area contributed by atoms with Gasteiger partial charge in [0.25, 0.3) is 10.0 Å². The fraction of sp³-hybridized carbons (Fsp3) is 0.417. The van der Waals surface area contributed by atoms with Gasteiger partial charge in [-0.2, -0.15) is 0 Å². The zero-order valence-corrected chi connectivity index (χ0v) is 12.1. The van der Waals surface area contributed by atoms with E-state index in [-0.39, 0.29) is 21.6 Å². The summed E-state index contributed by atoms with van der Waals surface area (Å²) in [5.74, 6) is -1.29. The fourth-order valence-electron chi connectivity index (χ4n) is 2.02. The van der Waals surface area contributed by atoms with E-state index in [1.165, 1.54) is 12.1 Å². The number of carboxylic acid groups (broad SMARTS) is 1. The monoisotopic (exact) mass is 319 g/mol. The van der Waals surface area contributed by atoms with Crippen molar-refractivity contribution in [2.24, 2.45) is 0 Å². The van der Waals surface area contributed by atoms with Crippen LogP contribution in [0.5, 0.6) is 0 Å². The Balaban J connectivity index is 2.16. The third kappa shape index (κ3) is 3.49. The van der Waals surface area contributed by atoms with E-state index in [4.69, 9.17) is 21.5 Å². The van der Waals surface area contributed by atoms with E-state index in [9.17, 15) is 13.2 Å². The summed E-state index contributed by atoms with van der Waals surface area (Å²) in [6.07, 6.45) is 3.51. The molecule has 1 fully saturated rings. The van der Waals surface area contributed by atoms with E-state index in [1.54, 1.807) is 0 Å². The van der Waals surface area contributed by atoms with Crippen LogP contribution in [0.25, 0.3) is 0 Å². The Labute approximate surface area is 121 Å². The van der Waals surface area contributed by atoms with Crippen LogP contribution in [-0.2, 0) is 14.9 Å². The van der Waals surface area contributed by atoms with Gasteiger partial charge in [0, 0.05) is 0 Å². The van der Waals surface area contributed by atoms with Crippen LogP contribution in [0.1, 0.15) is 36.0 Å². The lowest BCUT2D eigenvalue weighted by Crippen LogP contribution is -2.28. The summed E-state index contributed by atoms with van der Waals surface area (Å²) >= 11 is 5.69. The van der Waals surface area contributed by atoms with Crippen LogP contribution in [0, 0.1) is 0 Å². The lowest BCUT2D eigenvalue weighted by atomic mass is 10.2. The van der Waals surface area contributed by atoms with Crippen LogP contribution in [0.3, 0.4) is 0 Å². The molecule has 0 unspecified atom stereocenters. The number of aromatic carboxylic acids is 1. The molecule has 0 heterocycles. The van der Waals surface area contributed by atoms with Crippen LogP contribution in [0.15, 0.2) is 23.1 Å². The molecule has 0 bridgehead atoms. The Morgan fingerprint density at radius 1 is 1.35 bits per heavy atom. The molecule has 20 heavy (non-hydrogen) atoms. The predicted molar refractivity (Wildman–Crippen MR) is 72.1 cm³/mol. The van der Waals surface area contributed by atoms with Gasteiger partial charge in [-0.3, -0.25) is 4.84 Å². The summed E-state index contributed by atoms with van der Waals surface area (Å²) in [7, 11) is -3.91. The molecule has 110 valence electrons. The van der Waals surface area contributed by atoms with Crippen molar-refractivity contribution in [1.82, 2.24) is 4.89 Å². The minimum atomic E-state index is -3.91. The molecule has 2 N–H and O–H groups in total. The quantitative estimate of drug-likeness (QED) is 0.811. The molecule has 6 nitrogen and oxygen atoms in total. The van der Waals surface area contributed by atoms with Gasteiger partial charge in [0.05, 0.1) is 21.6 Å². The van der Waals surface area contributed by atoms with E-state index in [2.05, 4.69) is 0 Å². The molecule has 0 radical (unpaired) electrons. The SMILES string of the molecule is O=C(O)c1cc(S(=O)(=O)NOC2CCCC2)ccc1Cl. The Morgan fingerprint density at radius 3 is 2.60 bits per heavy atom. The molecule has 0 aromatic heterocycles. The molecule has 1 aliphatic carbocycles. The number of benzene rings is 1. The maximum absolute atomic E-state index is 12.0. The van der Waals surface area contributed by atoms with E-state index < -0.39 is 16.0 Å². The number of halogens is 1. The molecule has 1 aliphatic rings. The van der Waals surface area contributed by atoms with Crippen LogP contribution >= 0.6 is 11.6 Å². The highest BCUT2D eigenvalue weighted by Crippen LogP contribution is 2.22. The average Bonchev–Trinajstić information content (AvgIpc) is 2.89. The van der Waals surface area contributed by atoms with Crippen molar-refractivity contribution in [2.75, 3.05) is 0 Å². The summed E-state index contributed by atoms with van der Waals surface area (Å²) in [5.41, 5.74) is -0.268. The molecule has 1 saturated carbocycles. The van der Waals surface area contributed by atoms with Crippen molar-refractivity contribution in [3.63, 3.8) is 0 Å². The largest absolute Gasteiger partial charge is 0.478 e. The van der Waals surface area contributed by atoms with Gasteiger partial charge in [0.1, 0.15) is 0 Å². The van der Waals surface area contributed by atoms with Crippen molar-refractivity contribution in [2.45, 2.75) is 36.7 Å². The topological polar surface area (TPSA) is 92.7 Å². The van der Waals surface area contributed by atoms with E-state index in [1.807, 2.05) is 4.89 Å². The molecule has 1 aromatic carbocycles. The molecular weight excluding hydrogens is 306 g/mol. The second-order valence-corrected chi connectivity index (χ2v) is 6.61. The molecule has 0 aliphatic heterocycles. The first kappa shape index (κ1) is 15.2. The zero-order chi connectivity index (χ0) is 14.8. The van der Waals surface area contributed by atoms with Crippen LogP contribution in [-0.4, -0.2) is 25.6 Å². The number of hydrogen-bond donors (Lipinski definition) is 2. The van der Waals surface area contributed by atoms with Crippen molar-refractivity contribution >= 4 is 27.6 Å². The minimum absolute atomic E-state index is 0.0202. The summed E-state index contributed by atoms with van der Waals surface area (Å²) < 4.78 is 24.0. The molecule has 8 heteroatoms. The highest BCUT2D eigenvalue weighted by atomic mass is 35.5. The number of hydrogen-bond acceptors (Lipinski definition) is 4. The third-order valence-electron chi connectivity index (χ3n) is 3.11. The predicted octanol–water partition coefficient (Wildman–Crippen LogP) is 2.19. The van der Waals surface area contributed by atoms with Crippen molar-refractivity contribution in [3.8, 4) is 0 Å². The van der Waals surface area contributed by atoms with Gasteiger partial charge < -0.3 is 5.11 Å². The Morgan fingerprint density at radius 2 is 2.00 bits per heavy atom. The highest BCUT2D eigenvalue weighted by molar-refractivity contribution is 7.89. The first-order valence-electron chi connectivity index (χ1n) is 6.10. The normalized spacial score (nSPS) is 16.4. The van der Waals surface area contributed by atoms with Gasteiger partial charge in [0.2, 0.25) is 0 Å². The second-order valence-electron chi connectivity index (χ2n) is 4.56. The molecular formula is C12H14ClNO5S. The standard InChI is InChI=1S/C12H14ClNO5S/c13-11-6-5-9(7-10(11)12(15)16)20(17,18)14-19-8-3-1-2-4-8/h5-8,14H,1-4H2,(H,15,16). The van der Waals surface area contributed by atoms with Crippen LogP contribution < -0.4 is 4.89 Å². The van der Waals surface area contributed by atoms with E-state index >= 15 is 0 Å². The number of rotatable bonds is 5. The van der Waals surface area contributed by atoms with Crippen LogP contribution in [0.4, 0.5) is 0 Å². The summed E-state index contributed by atoms with van der Waals surface area (Å²) in [6.45, 7) is 0. The van der Waals surface area contributed by atoms with Gasteiger partial charge in [-0.1, -0.05) is 29.3 Å². The Hall–Kier alpha value is -1.15. The van der Waals surface area contributed by atoms with Gasteiger partial charge in [-0.05, 0) is 31.0 Å². The van der Waals surface area contributed by atoms with Crippen molar-refractivity contribution < 1.29 is 23.2 Å². The number of carboxylic acids is 1. The molecule has 0 amide bonds. The second kappa shape index (κ2) is 6.09. The van der Waals surface area contributed by atoms with Crippen LogP contribution in [0.2, 0.25) is 5.02 Å².